The second-order valence-corrected chi connectivity index (χ2v) is 4.13. The smallest absolute Gasteiger partial charge is 0.361 e. The van der Waals surface area contributed by atoms with Gasteiger partial charge in [0.2, 0.25) is 11.6 Å². The van der Waals surface area contributed by atoms with E-state index in [1.54, 1.807) is 31.5 Å². The quantitative estimate of drug-likeness (QED) is 0.682. The standard InChI is InChI=1S/C12H11N7O3/c1-2-21-12(20)8-9(7-3-5-14-6-4-7)19(18-15-8)11-10(13)16-22-17-11/h3-6H,2H2,1H3,(H2,13,16). The number of ether oxygens (including phenoxy) is 1. The molecule has 0 aliphatic heterocycles. The first-order chi connectivity index (χ1) is 10.7. The van der Waals surface area contributed by atoms with Crippen molar-refractivity contribution in [2.75, 3.05) is 12.3 Å². The lowest BCUT2D eigenvalue weighted by atomic mass is 10.1. The summed E-state index contributed by atoms with van der Waals surface area (Å²) >= 11 is 0. The topological polar surface area (TPSA) is 135 Å². The van der Waals surface area contributed by atoms with Gasteiger partial charge < -0.3 is 10.5 Å². The van der Waals surface area contributed by atoms with Crippen LogP contribution in [0.15, 0.2) is 29.2 Å². The zero-order chi connectivity index (χ0) is 15.5. The highest BCUT2D eigenvalue weighted by atomic mass is 16.6. The van der Waals surface area contributed by atoms with E-state index in [0.717, 1.165) is 0 Å². The molecule has 0 spiro atoms. The SMILES string of the molecule is CCOC(=O)c1nnn(-c2nonc2N)c1-c1ccncc1. The van der Waals surface area contributed by atoms with Crippen molar-refractivity contribution in [3.8, 4) is 17.1 Å². The van der Waals surface area contributed by atoms with Gasteiger partial charge in [-0.25, -0.2) is 9.42 Å². The molecule has 0 bridgehead atoms. The predicted molar refractivity (Wildman–Crippen MR) is 72.8 cm³/mol. The first kappa shape index (κ1) is 13.7. The molecular formula is C12H11N7O3. The Morgan fingerprint density at radius 3 is 2.77 bits per heavy atom. The molecular weight excluding hydrogens is 290 g/mol. The fourth-order valence-electron chi connectivity index (χ4n) is 1.87. The van der Waals surface area contributed by atoms with Crippen molar-refractivity contribution >= 4 is 11.8 Å². The third kappa shape index (κ3) is 2.26. The Morgan fingerprint density at radius 1 is 1.36 bits per heavy atom. The van der Waals surface area contributed by atoms with Crippen LogP contribution in [0.3, 0.4) is 0 Å². The van der Waals surface area contributed by atoms with Crippen molar-refractivity contribution in [1.29, 1.82) is 0 Å². The molecule has 0 radical (unpaired) electrons. The number of hydrogen-bond acceptors (Lipinski definition) is 9. The van der Waals surface area contributed by atoms with E-state index in [1.807, 2.05) is 0 Å². The second kappa shape index (κ2) is 5.60. The van der Waals surface area contributed by atoms with Gasteiger partial charge in [-0.1, -0.05) is 5.21 Å². The highest BCUT2D eigenvalue weighted by molar-refractivity contribution is 5.94. The average Bonchev–Trinajstić information content (AvgIpc) is 3.14. The third-order valence-corrected chi connectivity index (χ3v) is 2.79. The van der Waals surface area contributed by atoms with Crippen LogP contribution in [0, 0.1) is 0 Å². The summed E-state index contributed by atoms with van der Waals surface area (Å²) in [6.07, 6.45) is 3.15. The van der Waals surface area contributed by atoms with Crippen LogP contribution in [0.1, 0.15) is 17.4 Å². The summed E-state index contributed by atoms with van der Waals surface area (Å²) in [4.78, 5) is 16.0. The minimum Gasteiger partial charge on any atom is -0.461 e. The zero-order valence-corrected chi connectivity index (χ0v) is 11.5. The summed E-state index contributed by atoms with van der Waals surface area (Å²) in [5.74, 6) is -0.443. The Morgan fingerprint density at radius 2 is 2.14 bits per heavy atom. The fourth-order valence-corrected chi connectivity index (χ4v) is 1.87. The number of carbonyl (C=O) groups excluding carboxylic acids is 1. The average molecular weight is 301 g/mol. The Bertz CT molecular complexity index is 796. The van der Waals surface area contributed by atoms with Gasteiger partial charge in [-0.2, -0.15) is 4.68 Å². The van der Waals surface area contributed by atoms with Crippen LogP contribution in [0.25, 0.3) is 17.1 Å². The maximum atomic E-state index is 12.1. The van der Waals surface area contributed by atoms with E-state index in [4.69, 9.17) is 10.5 Å². The van der Waals surface area contributed by atoms with Gasteiger partial charge in [0.15, 0.2) is 5.69 Å². The van der Waals surface area contributed by atoms with Crippen LogP contribution in [-0.4, -0.2) is 42.9 Å². The Kier molecular flexibility index (Phi) is 3.48. The molecule has 0 atom stereocenters. The van der Waals surface area contributed by atoms with Gasteiger partial charge in [-0.15, -0.1) is 5.10 Å². The van der Waals surface area contributed by atoms with Crippen molar-refractivity contribution in [2.45, 2.75) is 6.92 Å². The fraction of sp³-hybridized carbons (Fsp3) is 0.167. The minimum absolute atomic E-state index is 0.0237. The van der Waals surface area contributed by atoms with Gasteiger partial charge in [-0.05, 0) is 29.4 Å². The van der Waals surface area contributed by atoms with Crippen LogP contribution in [0.4, 0.5) is 5.82 Å². The summed E-state index contributed by atoms with van der Waals surface area (Å²) in [5.41, 5.74) is 6.72. The van der Waals surface area contributed by atoms with E-state index in [2.05, 4.69) is 30.2 Å². The maximum Gasteiger partial charge on any atom is 0.361 e. The van der Waals surface area contributed by atoms with Crippen molar-refractivity contribution in [1.82, 2.24) is 30.3 Å². The van der Waals surface area contributed by atoms with Gasteiger partial charge in [0.05, 0.1) is 6.61 Å². The summed E-state index contributed by atoms with van der Waals surface area (Å²) < 4.78 is 10.8. The molecule has 0 aliphatic carbocycles. The monoisotopic (exact) mass is 301 g/mol. The number of nitrogens with two attached hydrogens (primary N) is 1. The number of nitrogens with zero attached hydrogens (tertiary/aromatic N) is 6. The molecule has 0 unspecified atom stereocenters. The van der Waals surface area contributed by atoms with E-state index in [-0.39, 0.29) is 23.9 Å². The highest BCUT2D eigenvalue weighted by Gasteiger charge is 2.25. The molecule has 0 fully saturated rings. The molecule has 3 heterocycles. The van der Waals surface area contributed by atoms with E-state index in [1.165, 1.54) is 4.68 Å². The first-order valence-corrected chi connectivity index (χ1v) is 6.34. The van der Waals surface area contributed by atoms with Crippen LogP contribution < -0.4 is 5.73 Å². The van der Waals surface area contributed by atoms with Crippen molar-refractivity contribution in [3.05, 3.63) is 30.2 Å². The molecule has 0 amide bonds. The van der Waals surface area contributed by atoms with Crippen molar-refractivity contribution < 1.29 is 14.2 Å². The molecule has 0 aliphatic rings. The molecule has 112 valence electrons. The molecule has 10 nitrogen and oxygen atoms in total. The number of aromatic nitrogens is 6. The maximum absolute atomic E-state index is 12.1. The van der Waals surface area contributed by atoms with Gasteiger partial charge in [0.25, 0.3) is 0 Å². The summed E-state index contributed by atoms with van der Waals surface area (Å²) in [6, 6.07) is 3.39. The molecule has 0 saturated carbocycles. The van der Waals surface area contributed by atoms with Gasteiger partial charge in [0.1, 0.15) is 5.69 Å². The van der Waals surface area contributed by atoms with Crippen LogP contribution in [-0.2, 0) is 4.74 Å². The molecule has 3 aromatic heterocycles. The van der Waals surface area contributed by atoms with E-state index >= 15 is 0 Å². The first-order valence-electron chi connectivity index (χ1n) is 6.34. The van der Waals surface area contributed by atoms with E-state index in [0.29, 0.717) is 11.3 Å². The lowest BCUT2D eigenvalue weighted by molar-refractivity contribution is 0.0520. The van der Waals surface area contributed by atoms with Crippen molar-refractivity contribution in [3.63, 3.8) is 0 Å². The van der Waals surface area contributed by atoms with Crippen molar-refractivity contribution in [2.24, 2.45) is 0 Å². The summed E-state index contributed by atoms with van der Waals surface area (Å²) in [5, 5.41) is 14.9. The molecule has 2 N–H and O–H groups in total. The number of pyridine rings is 1. The normalized spacial score (nSPS) is 10.6. The molecule has 3 aromatic rings. The van der Waals surface area contributed by atoms with Crippen LogP contribution in [0.5, 0.6) is 0 Å². The lowest BCUT2D eigenvalue weighted by Crippen LogP contribution is -2.08. The number of esters is 1. The number of rotatable bonds is 4. The number of nitrogen functional groups attached to an aromatic ring is 1. The van der Waals surface area contributed by atoms with E-state index in [9.17, 15) is 4.79 Å². The largest absolute Gasteiger partial charge is 0.461 e. The molecule has 22 heavy (non-hydrogen) atoms. The van der Waals surface area contributed by atoms with E-state index < -0.39 is 5.97 Å². The van der Waals surface area contributed by atoms with Gasteiger partial charge in [-0.3, -0.25) is 4.98 Å². The highest BCUT2D eigenvalue weighted by Crippen LogP contribution is 2.26. The second-order valence-electron chi connectivity index (χ2n) is 4.13. The zero-order valence-electron chi connectivity index (χ0n) is 11.5. The third-order valence-electron chi connectivity index (χ3n) is 2.79. The minimum atomic E-state index is -0.601. The van der Waals surface area contributed by atoms with Crippen LogP contribution >= 0.6 is 0 Å². The Hall–Kier alpha value is -3.30. The van der Waals surface area contributed by atoms with Gasteiger partial charge >= 0.3 is 5.97 Å². The lowest BCUT2D eigenvalue weighted by Gasteiger charge is -2.05. The summed E-state index contributed by atoms with van der Waals surface area (Å²) in [7, 11) is 0. The molecule has 3 rings (SSSR count). The molecule has 0 aromatic carbocycles. The predicted octanol–water partition coefficient (Wildman–Crippen LogP) is 0.471. The molecule has 0 saturated heterocycles. The Balaban J connectivity index is 2.20. The number of hydrogen-bond donors (Lipinski definition) is 1. The van der Waals surface area contributed by atoms with Gasteiger partial charge in [0, 0.05) is 18.0 Å². The number of anilines is 1. The van der Waals surface area contributed by atoms with Crippen LogP contribution in [0.2, 0.25) is 0 Å². The Labute approximate surface area is 123 Å². The summed E-state index contributed by atoms with van der Waals surface area (Å²) in [6.45, 7) is 1.92. The number of carbonyl (C=O) groups is 1. The molecule has 10 heteroatoms.